The van der Waals surface area contributed by atoms with Crippen LogP contribution in [0.1, 0.15) is 13.8 Å². The van der Waals surface area contributed by atoms with Crippen LogP contribution in [0.5, 0.6) is 0 Å². The molecule has 0 aliphatic rings. The number of hydrogen-bond donors (Lipinski definition) is 1. The Morgan fingerprint density at radius 2 is 2.30 bits per heavy atom. The Morgan fingerprint density at radius 1 is 1.70 bits per heavy atom. The lowest BCUT2D eigenvalue weighted by Gasteiger charge is -1.96. The smallest absolute Gasteiger partial charge is 0.0546 e. The number of nitrogens with zero attached hydrogens (tertiary/aromatic N) is 1. The Bertz CT molecular complexity index is 166. The molecule has 0 saturated carbocycles. The van der Waals surface area contributed by atoms with E-state index in [9.17, 15) is 0 Å². The Balaban J connectivity index is 4.19. The van der Waals surface area contributed by atoms with Crippen LogP contribution in [0.25, 0.3) is 0 Å². The predicted molar refractivity (Wildman–Crippen MR) is 46.1 cm³/mol. The molecule has 0 amide bonds. The molecule has 0 bridgehead atoms. The maximum atomic E-state index is 5.57. The normalized spacial score (nSPS) is 13.4. The first-order valence-electron chi connectivity index (χ1n) is 3.32. The maximum absolute atomic E-state index is 5.57. The summed E-state index contributed by atoms with van der Waals surface area (Å²) in [5.74, 6) is 0. The summed E-state index contributed by atoms with van der Waals surface area (Å²) in [5.41, 5.74) is 7.14. The quantitative estimate of drug-likeness (QED) is 0.465. The highest BCUT2D eigenvalue weighted by Gasteiger charge is 1.90. The van der Waals surface area contributed by atoms with Crippen LogP contribution < -0.4 is 5.73 Å². The average molecular weight is 138 g/mol. The van der Waals surface area contributed by atoms with Gasteiger partial charge in [-0.1, -0.05) is 12.7 Å². The van der Waals surface area contributed by atoms with Gasteiger partial charge < -0.3 is 5.73 Å². The molecule has 10 heavy (non-hydrogen) atoms. The summed E-state index contributed by atoms with van der Waals surface area (Å²) in [7, 11) is 0. The molecule has 0 spiro atoms. The van der Waals surface area contributed by atoms with E-state index in [2.05, 4.69) is 11.6 Å². The number of rotatable bonds is 3. The molecule has 0 radical (unpaired) electrons. The molecule has 0 rings (SSSR count). The Kier molecular flexibility index (Phi) is 4.29. The standard InChI is InChI=1S/C8H14N2/c1-4-6-8(9)7(3)10-5-2/h4,6H,1,5,9H2,2-3H3/b8-6+,10-7+. The molecule has 2 heteroatoms. The second-order valence-electron chi connectivity index (χ2n) is 1.92. The van der Waals surface area contributed by atoms with Gasteiger partial charge in [0, 0.05) is 6.54 Å². The third-order valence-electron chi connectivity index (χ3n) is 1.11. The zero-order valence-electron chi connectivity index (χ0n) is 6.59. The van der Waals surface area contributed by atoms with E-state index in [0.29, 0.717) is 5.70 Å². The van der Waals surface area contributed by atoms with Gasteiger partial charge in [0.2, 0.25) is 0 Å². The SMILES string of the molecule is C=C/C=C(N)\C(C)=N\CC. The highest BCUT2D eigenvalue weighted by Crippen LogP contribution is 1.89. The van der Waals surface area contributed by atoms with Crippen LogP contribution in [-0.2, 0) is 0 Å². The van der Waals surface area contributed by atoms with Gasteiger partial charge in [-0.15, -0.1) is 0 Å². The van der Waals surface area contributed by atoms with Crippen LogP contribution in [-0.4, -0.2) is 12.3 Å². The summed E-state index contributed by atoms with van der Waals surface area (Å²) in [6, 6.07) is 0. The number of hydrogen-bond acceptors (Lipinski definition) is 2. The zero-order valence-corrected chi connectivity index (χ0v) is 6.59. The van der Waals surface area contributed by atoms with Gasteiger partial charge in [-0.2, -0.15) is 0 Å². The fourth-order valence-electron chi connectivity index (χ4n) is 0.576. The van der Waals surface area contributed by atoms with Gasteiger partial charge in [0.05, 0.1) is 11.4 Å². The molecule has 0 heterocycles. The van der Waals surface area contributed by atoms with E-state index in [1.54, 1.807) is 12.2 Å². The van der Waals surface area contributed by atoms with Crippen molar-refractivity contribution in [3.05, 3.63) is 24.4 Å². The van der Waals surface area contributed by atoms with Crippen molar-refractivity contribution in [3.63, 3.8) is 0 Å². The van der Waals surface area contributed by atoms with Crippen LogP contribution in [0.3, 0.4) is 0 Å². The van der Waals surface area contributed by atoms with E-state index in [-0.39, 0.29) is 0 Å². The molecular weight excluding hydrogens is 124 g/mol. The summed E-state index contributed by atoms with van der Waals surface area (Å²) >= 11 is 0. The first-order valence-corrected chi connectivity index (χ1v) is 3.32. The van der Waals surface area contributed by atoms with Crippen LogP contribution in [0.15, 0.2) is 29.4 Å². The molecule has 0 aliphatic heterocycles. The van der Waals surface area contributed by atoms with E-state index in [4.69, 9.17) is 5.73 Å². The molecule has 0 aromatic heterocycles. The van der Waals surface area contributed by atoms with Crippen LogP contribution >= 0.6 is 0 Å². The predicted octanol–water partition coefficient (Wildman–Crippen LogP) is 1.50. The molecule has 0 unspecified atom stereocenters. The van der Waals surface area contributed by atoms with Crippen LogP contribution in [0.2, 0.25) is 0 Å². The second kappa shape index (κ2) is 4.79. The van der Waals surface area contributed by atoms with E-state index < -0.39 is 0 Å². The van der Waals surface area contributed by atoms with Crippen molar-refractivity contribution in [2.24, 2.45) is 10.7 Å². The van der Waals surface area contributed by atoms with E-state index >= 15 is 0 Å². The number of nitrogens with two attached hydrogens (primary N) is 1. The van der Waals surface area contributed by atoms with Gasteiger partial charge in [-0.25, -0.2) is 0 Å². The highest BCUT2D eigenvalue weighted by atomic mass is 14.8. The average Bonchev–Trinajstić information content (AvgIpc) is 1.89. The molecular formula is C8H14N2. The third kappa shape index (κ3) is 3.07. The first-order chi connectivity index (χ1) is 4.72. The van der Waals surface area contributed by atoms with Crippen molar-refractivity contribution in [2.45, 2.75) is 13.8 Å². The van der Waals surface area contributed by atoms with Crippen LogP contribution in [0, 0.1) is 0 Å². The Morgan fingerprint density at radius 3 is 2.70 bits per heavy atom. The van der Waals surface area contributed by atoms with Gasteiger partial charge in [-0.05, 0) is 19.9 Å². The van der Waals surface area contributed by atoms with Crippen molar-refractivity contribution in [1.29, 1.82) is 0 Å². The van der Waals surface area contributed by atoms with Crippen molar-refractivity contribution in [1.82, 2.24) is 0 Å². The fraction of sp³-hybridized carbons (Fsp3) is 0.375. The molecule has 0 saturated heterocycles. The third-order valence-corrected chi connectivity index (χ3v) is 1.11. The highest BCUT2D eigenvalue weighted by molar-refractivity contribution is 5.97. The van der Waals surface area contributed by atoms with Gasteiger partial charge in [0.15, 0.2) is 0 Å². The minimum Gasteiger partial charge on any atom is -0.397 e. The van der Waals surface area contributed by atoms with Crippen molar-refractivity contribution >= 4 is 5.71 Å². The Labute approximate surface area is 62.1 Å². The minimum absolute atomic E-state index is 0.692. The molecule has 56 valence electrons. The lowest BCUT2D eigenvalue weighted by Crippen LogP contribution is -2.07. The van der Waals surface area contributed by atoms with E-state index in [1.807, 2.05) is 13.8 Å². The Hall–Kier alpha value is -1.05. The first kappa shape index (κ1) is 8.95. The molecule has 2 nitrogen and oxygen atoms in total. The summed E-state index contributed by atoms with van der Waals surface area (Å²) in [5, 5.41) is 0. The summed E-state index contributed by atoms with van der Waals surface area (Å²) in [4.78, 5) is 4.12. The molecule has 0 aliphatic carbocycles. The topological polar surface area (TPSA) is 38.4 Å². The fourth-order valence-corrected chi connectivity index (χ4v) is 0.576. The second-order valence-corrected chi connectivity index (χ2v) is 1.92. The molecule has 2 N–H and O–H groups in total. The van der Waals surface area contributed by atoms with Crippen molar-refractivity contribution in [2.75, 3.05) is 6.54 Å². The van der Waals surface area contributed by atoms with E-state index in [1.165, 1.54) is 0 Å². The lowest BCUT2D eigenvalue weighted by molar-refractivity contribution is 1.12. The van der Waals surface area contributed by atoms with Gasteiger partial charge in [0.1, 0.15) is 0 Å². The van der Waals surface area contributed by atoms with Gasteiger partial charge in [0.25, 0.3) is 0 Å². The lowest BCUT2D eigenvalue weighted by atomic mass is 10.3. The minimum atomic E-state index is 0.692. The van der Waals surface area contributed by atoms with E-state index in [0.717, 1.165) is 12.3 Å². The van der Waals surface area contributed by atoms with Crippen LogP contribution in [0.4, 0.5) is 0 Å². The monoisotopic (exact) mass is 138 g/mol. The molecule has 0 aromatic rings. The van der Waals surface area contributed by atoms with Crippen molar-refractivity contribution in [3.8, 4) is 0 Å². The summed E-state index contributed by atoms with van der Waals surface area (Å²) in [6.45, 7) is 8.17. The van der Waals surface area contributed by atoms with Gasteiger partial charge in [-0.3, -0.25) is 4.99 Å². The zero-order chi connectivity index (χ0) is 7.98. The molecule has 0 atom stereocenters. The van der Waals surface area contributed by atoms with Crippen molar-refractivity contribution < 1.29 is 0 Å². The number of aliphatic imine (C=N–C) groups is 1. The van der Waals surface area contributed by atoms with Gasteiger partial charge >= 0.3 is 0 Å². The maximum Gasteiger partial charge on any atom is 0.0546 e. The molecule has 0 fully saturated rings. The molecule has 0 aromatic carbocycles. The summed E-state index contributed by atoms with van der Waals surface area (Å²) < 4.78 is 0. The largest absolute Gasteiger partial charge is 0.397 e. The number of allylic oxidation sites excluding steroid dienone is 3. The summed E-state index contributed by atoms with van der Waals surface area (Å²) in [6.07, 6.45) is 3.40.